The third-order valence-corrected chi connectivity index (χ3v) is 3.91. The number of hydrogen-bond acceptors (Lipinski definition) is 2. The molecule has 2 aromatic carbocycles. The molecule has 0 bridgehead atoms. The highest BCUT2D eigenvalue weighted by atomic mass is 35.5. The Morgan fingerprint density at radius 3 is 2.48 bits per heavy atom. The van der Waals surface area contributed by atoms with Crippen LogP contribution in [0.2, 0.25) is 5.02 Å². The van der Waals surface area contributed by atoms with Crippen molar-refractivity contribution in [2.45, 2.75) is 19.9 Å². The van der Waals surface area contributed by atoms with Crippen molar-refractivity contribution in [2.24, 2.45) is 4.99 Å². The number of amides is 1. The lowest BCUT2D eigenvalue weighted by molar-refractivity contribution is -0.120. The molecule has 3 N–H and O–H groups in total. The van der Waals surface area contributed by atoms with Gasteiger partial charge in [-0.3, -0.25) is 4.79 Å². The van der Waals surface area contributed by atoms with Crippen LogP contribution in [0.4, 0.5) is 4.39 Å². The van der Waals surface area contributed by atoms with Crippen LogP contribution in [0.5, 0.6) is 0 Å². The molecule has 0 fully saturated rings. The number of nitrogens with zero attached hydrogens (tertiary/aromatic N) is 1. The Balaban J connectivity index is 1.74. The Kier molecular flexibility index (Phi) is 8.58. The van der Waals surface area contributed by atoms with E-state index >= 15 is 0 Å². The van der Waals surface area contributed by atoms with E-state index < -0.39 is 0 Å². The molecule has 0 aromatic heterocycles. The van der Waals surface area contributed by atoms with Gasteiger partial charge in [-0.2, -0.15) is 0 Å². The predicted octanol–water partition coefficient (Wildman–Crippen LogP) is 2.89. The van der Waals surface area contributed by atoms with Crippen LogP contribution in [-0.4, -0.2) is 31.5 Å². The van der Waals surface area contributed by atoms with Crippen LogP contribution in [0.15, 0.2) is 53.5 Å². The zero-order chi connectivity index (χ0) is 19.5. The first-order chi connectivity index (χ1) is 13.1. The highest BCUT2D eigenvalue weighted by Gasteiger charge is 2.04. The second-order valence-electron chi connectivity index (χ2n) is 5.91. The molecule has 27 heavy (non-hydrogen) atoms. The molecule has 0 aliphatic heterocycles. The maximum atomic E-state index is 12.9. The first-order valence-electron chi connectivity index (χ1n) is 8.84. The minimum atomic E-state index is -0.309. The van der Waals surface area contributed by atoms with Gasteiger partial charge < -0.3 is 16.0 Å². The van der Waals surface area contributed by atoms with Gasteiger partial charge >= 0.3 is 0 Å². The van der Waals surface area contributed by atoms with Gasteiger partial charge in [-0.15, -0.1) is 0 Å². The molecule has 0 saturated carbocycles. The van der Waals surface area contributed by atoms with Crippen LogP contribution in [0.3, 0.4) is 0 Å². The quantitative estimate of drug-likeness (QED) is 0.369. The standard InChI is InChI=1S/C20H24ClFN4O/c1-2-23-20(26-14-16-4-3-5-17(21)12-16)25-11-10-24-19(27)13-15-6-8-18(22)9-7-15/h3-9,12H,2,10-11,13-14H2,1H3,(H,24,27)(H2,23,25,26). The third kappa shape index (κ3) is 8.09. The summed E-state index contributed by atoms with van der Waals surface area (Å²) in [5.41, 5.74) is 1.80. The van der Waals surface area contributed by atoms with Gasteiger partial charge in [-0.1, -0.05) is 35.9 Å². The van der Waals surface area contributed by atoms with Crippen molar-refractivity contribution in [1.82, 2.24) is 16.0 Å². The molecular formula is C20H24ClFN4O. The summed E-state index contributed by atoms with van der Waals surface area (Å²) in [6, 6.07) is 13.5. The molecule has 2 rings (SSSR count). The Bertz CT molecular complexity index is 765. The second-order valence-corrected chi connectivity index (χ2v) is 6.34. The van der Waals surface area contributed by atoms with E-state index in [1.54, 1.807) is 12.1 Å². The fraction of sp³-hybridized carbons (Fsp3) is 0.300. The van der Waals surface area contributed by atoms with Gasteiger partial charge in [0.25, 0.3) is 0 Å². The van der Waals surface area contributed by atoms with Crippen molar-refractivity contribution in [3.63, 3.8) is 0 Å². The molecule has 0 spiro atoms. The van der Waals surface area contributed by atoms with Gasteiger partial charge in [-0.05, 0) is 42.3 Å². The van der Waals surface area contributed by atoms with E-state index in [0.717, 1.165) is 17.7 Å². The van der Waals surface area contributed by atoms with Crippen LogP contribution < -0.4 is 16.0 Å². The summed E-state index contributed by atoms with van der Waals surface area (Å²) in [5.74, 6) is 0.255. The SMILES string of the molecule is CCNC(=NCc1cccc(Cl)c1)NCCNC(=O)Cc1ccc(F)cc1. The highest BCUT2D eigenvalue weighted by molar-refractivity contribution is 6.30. The third-order valence-electron chi connectivity index (χ3n) is 3.67. The number of rotatable bonds is 8. The maximum Gasteiger partial charge on any atom is 0.224 e. The minimum Gasteiger partial charge on any atom is -0.357 e. The Labute approximate surface area is 164 Å². The maximum absolute atomic E-state index is 12.9. The average molecular weight is 391 g/mol. The van der Waals surface area contributed by atoms with Crippen molar-refractivity contribution in [2.75, 3.05) is 19.6 Å². The van der Waals surface area contributed by atoms with Gasteiger partial charge in [0.15, 0.2) is 5.96 Å². The number of aliphatic imine (C=N–C) groups is 1. The number of hydrogen-bond donors (Lipinski definition) is 3. The molecule has 2 aromatic rings. The van der Waals surface area contributed by atoms with E-state index in [0.29, 0.717) is 30.6 Å². The van der Waals surface area contributed by atoms with E-state index in [1.807, 2.05) is 31.2 Å². The summed E-state index contributed by atoms with van der Waals surface area (Å²) in [5, 5.41) is 9.85. The van der Waals surface area contributed by atoms with E-state index in [9.17, 15) is 9.18 Å². The van der Waals surface area contributed by atoms with Gasteiger partial charge in [0.2, 0.25) is 5.91 Å². The first-order valence-corrected chi connectivity index (χ1v) is 9.22. The lowest BCUT2D eigenvalue weighted by atomic mass is 10.1. The Morgan fingerprint density at radius 2 is 1.78 bits per heavy atom. The number of carbonyl (C=O) groups excluding carboxylic acids is 1. The van der Waals surface area contributed by atoms with Crippen LogP contribution in [0.25, 0.3) is 0 Å². The Hall–Kier alpha value is -2.60. The topological polar surface area (TPSA) is 65.5 Å². The molecule has 0 radical (unpaired) electrons. The van der Waals surface area contributed by atoms with E-state index in [1.165, 1.54) is 12.1 Å². The minimum absolute atomic E-state index is 0.107. The van der Waals surface area contributed by atoms with Gasteiger partial charge in [-0.25, -0.2) is 9.38 Å². The molecule has 0 unspecified atom stereocenters. The zero-order valence-electron chi connectivity index (χ0n) is 15.3. The largest absolute Gasteiger partial charge is 0.357 e. The highest BCUT2D eigenvalue weighted by Crippen LogP contribution is 2.11. The molecule has 0 aliphatic rings. The van der Waals surface area contributed by atoms with Crippen LogP contribution in [0, 0.1) is 5.82 Å². The number of benzene rings is 2. The number of carbonyl (C=O) groups is 1. The van der Waals surface area contributed by atoms with Crippen molar-refractivity contribution >= 4 is 23.5 Å². The molecular weight excluding hydrogens is 367 g/mol. The monoisotopic (exact) mass is 390 g/mol. The average Bonchev–Trinajstić information content (AvgIpc) is 2.65. The fourth-order valence-corrected chi connectivity index (χ4v) is 2.59. The second kappa shape index (κ2) is 11.2. The van der Waals surface area contributed by atoms with E-state index in [4.69, 9.17) is 11.6 Å². The molecule has 0 saturated heterocycles. The lowest BCUT2D eigenvalue weighted by Gasteiger charge is -2.12. The first kappa shape index (κ1) is 20.7. The van der Waals surface area contributed by atoms with Crippen molar-refractivity contribution in [3.05, 3.63) is 70.5 Å². The molecule has 1 amide bonds. The van der Waals surface area contributed by atoms with Crippen molar-refractivity contribution < 1.29 is 9.18 Å². The fourth-order valence-electron chi connectivity index (χ4n) is 2.38. The molecule has 7 heteroatoms. The van der Waals surface area contributed by atoms with Crippen LogP contribution in [0.1, 0.15) is 18.1 Å². The van der Waals surface area contributed by atoms with E-state index in [2.05, 4.69) is 20.9 Å². The Morgan fingerprint density at radius 1 is 1.04 bits per heavy atom. The summed E-state index contributed by atoms with van der Waals surface area (Å²) in [7, 11) is 0. The molecule has 0 heterocycles. The van der Waals surface area contributed by atoms with Crippen molar-refractivity contribution in [1.29, 1.82) is 0 Å². The van der Waals surface area contributed by atoms with Crippen molar-refractivity contribution in [3.8, 4) is 0 Å². The smallest absolute Gasteiger partial charge is 0.224 e. The van der Waals surface area contributed by atoms with Gasteiger partial charge in [0.05, 0.1) is 13.0 Å². The van der Waals surface area contributed by atoms with Crippen LogP contribution >= 0.6 is 11.6 Å². The molecule has 144 valence electrons. The zero-order valence-corrected chi connectivity index (χ0v) is 16.0. The molecule has 5 nitrogen and oxygen atoms in total. The number of halogens is 2. The van der Waals surface area contributed by atoms with Gasteiger partial charge in [0, 0.05) is 24.7 Å². The molecule has 0 aliphatic carbocycles. The summed E-state index contributed by atoms with van der Waals surface area (Å²) in [6.07, 6.45) is 0.225. The summed E-state index contributed by atoms with van der Waals surface area (Å²) in [4.78, 5) is 16.4. The number of guanidine groups is 1. The normalized spacial score (nSPS) is 11.1. The lowest BCUT2D eigenvalue weighted by Crippen LogP contribution is -2.41. The summed E-state index contributed by atoms with van der Waals surface area (Å²) in [6.45, 7) is 4.23. The van der Waals surface area contributed by atoms with Crippen LogP contribution in [-0.2, 0) is 17.8 Å². The number of nitrogens with one attached hydrogen (secondary N) is 3. The summed E-state index contributed by atoms with van der Waals surface area (Å²) >= 11 is 5.98. The predicted molar refractivity (Wildman–Crippen MR) is 107 cm³/mol. The van der Waals surface area contributed by atoms with E-state index in [-0.39, 0.29) is 18.1 Å². The van der Waals surface area contributed by atoms with Gasteiger partial charge in [0.1, 0.15) is 5.82 Å². The summed E-state index contributed by atoms with van der Waals surface area (Å²) < 4.78 is 12.9. The molecule has 0 atom stereocenters.